The Morgan fingerprint density at radius 1 is 0.784 bits per heavy atom. The predicted molar refractivity (Wildman–Crippen MR) is 183 cm³/mol. The van der Waals surface area contributed by atoms with Crippen molar-refractivity contribution in [2.75, 3.05) is 19.8 Å². The van der Waals surface area contributed by atoms with Crippen molar-refractivity contribution in [1.29, 1.82) is 0 Å². The summed E-state index contributed by atoms with van der Waals surface area (Å²) >= 11 is 0. The van der Waals surface area contributed by atoms with Crippen LogP contribution in [-0.4, -0.2) is 86.4 Å². The number of unbranched alkanes of at least 4 members (excludes halogenated alkanes) is 4. The van der Waals surface area contributed by atoms with Gasteiger partial charge in [0.05, 0.1) is 19.8 Å². The molecule has 0 bridgehead atoms. The first kappa shape index (κ1) is 38.2. The van der Waals surface area contributed by atoms with E-state index >= 15 is 0 Å². The van der Waals surface area contributed by atoms with Gasteiger partial charge >= 0.3 is 5.97 Å². The van der Waals surface area contributed by atoms with E-state index in [2.05, 4.69) is 6.92 Å². The van der Waals surface area contributed by atoms with Crippen molar-refractivity contribution in [3.05, 3.63) is 71.8 Å². The third-order valence-electron chi connectivity index (χ3n) is 9.41. The summed E-state index contributed by atoms with van der Waals surface area (Å²) in [5.41, 5.74) is 1.81. The van der Waals surface area contributed by atoms with Crippen molar-refractivity contribution in [3.63, 3.8) is 0 Å². The molecule has 4 saturated heterocycles. The summed E-state index contributed by atoms with van der Waals surface area (Å²) in [6, 6.07) is 19.5. The lowest BCUT2D eigenvalue weighted by molar-refractivity contribution is -0.446. The number of hydrogen-bond donors (Lipinski definition) is 0. The summed E-state index contributed by atoms with van der Waals surface area (Å²) in [5.74, 6) is -1.98. The number of fused-ring (bicyclic) bond motifs is 1. The van der Waals surface area contributed by atoms with Crippen molar-refractivity contribution in [3.8, 4) is 0 Å². The van der Waals surface area contributed by atoms with E-state index in [1.807, 2.05) is 88.4 Å². The number of ether oxygens (including phenoxy) is 9. The predicted octanol–water partition coefficient (Wildman–Crippen LogP) is 6.30. The van der Waals surface area contributed by atoms with Crippen LogP contribution in [0.1, 0.15) is 90.6 Å². The van der Waals surface area contributed by atoms with Gasteiger partial charge < -0.3 is 42.6 Å². The SMILES string of the molecule is CCCCCCCC(=O)O[C@@H]1[C@H](OOC[C@@H]2OC(C)(C)O[C@@H]2[C@H]2COC(C)(C)O2)O[C@@H]2COC(c3ccccc3)O[C@H]2[C@@H]1OCc1ccccc1. The second kappa shape index (κ2) is 17.6. The van der Waals surface area contributed by atoms with Gasteiger partial charge in [-0.05, 0) is 39.7 Å². The molecule has 2 aromatic rings. The van der Waals surface area contributed by atoms with Gasteiger partial charge in [-0.1, -0.05) is 93.3 Å². The highest BCUT2D eigenvalue weighted by Gasteiger charge is 2.54. The van der Waals surface area contributed by atoms with E-state index in [0.29, 0.717) is 6.61 Å². The quantitative estimate of drug-likeness (QED) is 0.0840. The Balaban J connectivity index is 1.19. The zero-order valence-corrected chi connectivity index (χ0v) is 30.4. The Morgan fingerprint density at radius 2 is 1.53 bits per heavy atom. The van der Waals surface area contributed by atoms with Gasteiger partial charge in [-0.15, -0.1) is 0 Å². The molecule has 12 nitrogen and oxygen atoms in total. The Bertz CT molecular complexity index is 1360. The molecule has 4 aliphatic rings. The zero-order valence-electron chi connectivity index (χ0n) is 30.4. The van der Waals surface area contributed by atoms with E-state index in [4.69, 9.17) is 52.4 Å². The summed E-state index contributed by atoms with van der Waals surface area (Å²) in [6.45, 7) is 10.3. The molecule has 51 heavy (non-hydrogen) atoms. The Labute approximate surface area is 301 Å². The van der Waals surface area contributed by atoms with E-state index in [0.717, 1.165) is 43.2 Å². The summed E-state index contributed by atoms with van der Waals surface area (Å²) in [4.78, 5) is 25.2. The monoisotopic (exact) mass is 714 g/mol. The molecule has 2 aromatic carbocycles. The fraction of sp³-hybridized carbons (Fsp3) is 0.667. The molecule has 4 fully saturated rings. The van der Waals surface area contributed by atoms with Gasteiger partial charge in [0.15, 0.2) is 24.0 Å². The lowest BCUT2D eigenvalue weighted by atomic mass is 9.97. The Morgan fingerprint density at radius 3 is 2.25 bits per heavy atom. The number of rotatable bonds is 16. The van der Waals surface area contributed by atoms with Crippen LogP contribution in [-0.2, 0) is 63.8 Å². The molecule has 0 aromatic heterocycles. The average molecular weight is 715 g/mol. The van der Waals surface area contributed by atoms with Gasteiger partial charge in [-0.3, -0.25) is 4.79 Å². The molecule has 0 radical (unpaired) electrons. The van der Waals surface area contributed by atoms with Gasteiger partial charge in [-0.25, -0.2) is 9.78 Å². The summed E-state index contributed by atoms with van der Waals surface area (Å²) in [6.07, 6.45) is -1.00. The minimum Gasteiger partial charge on any atom is -0.454 e. The molecule has 0 amide bonds. The van der Waals surface area contributed by atoms with E-state index in [-0.39, 0.29) is 38.3 Å². The van der Waals surface area contributed by atoms with E-state index in [1.54, 1.807) is 0 Å². The fourth-order valence-electron chi connectivity index (χ4n) is 6.93. The molecule has 9 atom stereocenters. The molecule has 0 spiro atoms. The van der Waals surface area contributed by atoms with Crippen molar-refractivity contribution in [2.24, 2.45) is 0 Å². The first-order valence-corrected chi connectivity index (χ1v) is 18.4. The maximum Gasteiger partial charge on any atom is 0.306 e. The van der Waals surface area contributed by atoms with Crippen molar-refractivity contribution < 1.29 is 57.2 Å². The van der Waals surface area contributed by atoms with E-state index in [1.165, 1.54) is 0 Å². The third kappa shape index (κ3) is 10.3. The largest absolute Gasteiger partial charge is 0.454 e. The molecule has 4 heterocycles. The van der Waals surface area contributed by atoms with Crippen LogP contribution in [0.4, 0.5) is 0 Å². The topological polar surface area (TPSA) is 119 Å². The van der Waals surface area contributed by atoms with Crippen LogP contribution >= 0.6 is 0 Å². The lowest BCUT2D eigenvalue weighted by Gasteiger charge is -2.48. The highest BCUT2D eigenvalue weighted by Crippen LogP contribution is 2.39. The molecule has 4 aliphatic heterocycles. The summed E-state index contributed by atoms with van der Waals surface area (Å²) in [5, 5.41) is 0. The fourth-order valence-corrected chi connectivity index (χ4v) is 6.93. The molecule has 0 aliphatic carbocycles. The third-order valence-corrected chi connectivity index (χ3v) is 9.41. The first-order chi connectivity index (χ1) is 24.6. The van der Waals surface area contributed by atoms with Crippen molar-refractivity contribution in [1.82, 2.24) is 0 Å². The van der Waals surface area contributed by atoms with Crippen LogP contribution in [0.25, 0.3) is 0 Å². The average Bonchev–Trinajstić information content (AvgIpc) is 3.65. The molecule has 12 heteroatoms. The van der Waals surface area contributed by atoms with Crippen LogP contribution in [0.15, 0.2) is 60.7 Å². The van der Waals surface area contributed by atoms with Gasteiger partial charge in [0.1, 0.15) is 43.2 Å². The minimum absolute atomic E-state index is 0.0148. The maximum absolute atomic E-state index is 13.4. The van der Waals surface area contributed by atoms with Crippen molar-refractivity contribution >= 4 is 5.97 Å². The highest BCUT2D eigenvalue weighted by atomic mass is 17.2. The number of carbonyl (C=O) groups excluding carboxylic acids is 1. The zero-order chi connectivity index (χ0) is 35.8. The highest BCUT2D eigenvalue weighted by molar-refractivity contribution is 5.69. The summed E-state index contributed by atoms with van der Waals surface area (Å²) in [7, 11) is 0. The van der Waals surface area contributed by atoms with E-state index < -0.39 is 60.8 Å². The second-order valence-electron chi connectivity index (χ2n) is 14.5. The number of esters is 1. The molecule has 0 N–H and O–H groups in total. The van der Waals surface area contributed by atoms with Gasteiger partial charge in [0.25, 0.3) is 0 Å². The number of carbonyl (C=O) groups is 1. The van der Waals surface area contributed by atoms with Crippen molar-refractivity contribution in [2.45, 2.75) is 147 Å². The standard InChI is InChI=1S/C39H54O12/c1-6-7-8-9-16-21-31(40)46-35-34(41-22-26-17-12-10-13-18-26)33-28(23-42-36(47-33)27-19-14-11-15-20-27)45-37(35)51-44-25-30-32(50-39(4,5)49-30)29-24-43-38(2,3)48-29/h10-15,17-20,28-30,32-37H,6-9,16,21-25H2,1-5H3/t28-,29-,30+,32-,33-,34+,35+,36?,37+/m1/s1. The molecular formula is C39H54O12. The van der Waals surface area contributed by atoms with Crippen LogP contribution in [0.2, 0.25) is 0 Å². The Kier molecular flexibility index (Phi) is 13.2. The number of benzene rings is 2. The van der Waals surface area contributed by atoms with Gasteiger partial charge in [0, 0.05) is 12.0 Å². The van der Waals surface area contributed by atoms with Crippen LogP contribution < -0.4 is 0 Å². The molecule has 1 unspecified atom stereocenters. The summed E-state index contributed by atoms with van der Waals surface area (Å²) < 4.78 is 56.1. The number of hydrogen-bond acceptors (Lipinski definition) is 12. The lowest BCUT2D eigenvalue weighted by Crippen LogP contribution is -2.64. The Hall–Kier alpha value is -2.49. The second-order valence-corrected chi connectivity index (χ2v) is 14.5. The van der Waals surface area contributed by atoms with Gasteiger partial charge in [0.2, 0.25) is 6.29 Å². The van der Waals surface area contributed by atoms with Crippen LogP contribution in [0.5, 0.6) is 0 Å². The normalized spacial score (nSPS) is 32.8. The first-order valence-electron chi connectivity index (χ1n) is 18.4. The smallest absolute Gasteiger partial charge is 0.306 e. The molecular weight excluding hydrogens is 660 g/mol. The minimum atomic E-state index is -1.16. The van der Waals surface area contributed by atoms with Crippen LogP contribution in [0.3, 0.4) is 0 Å². The molecule has 0 saturated carbocycles. The molecule has 282 valence electrons. The maximum atomic E-state index is 13.4. The van der Waals surface area contributed by atoms with E-state index in [9.17, 15) is 4.79 Å². The molecule has 6 rings (SSSR count). The van der Waals surface area contributed by atoms with Gasteiger partial charge in [-0.2, -0.15) is 0 Å². The van der Waals surface area contributed by atoms with Crippen LogP contribution in [0, 0.1) is 0 Å².